The Morgan fingerprint density at radius 1 is 1.53 bits per heavy atom. The number of aliphatic hydroxyl groups is 1. The molecule has 0 saturated heterocycles. The number of likely N-dealkylation sites (N-methyl/N-ethyl adjacent to an activating group) is 1. The summed E-state index contributed by atoms with van der Waals surface area (Å²) in [7, 11) is 1.56. The second kappa shape index (κ2) is 5.92. The minimum absolute atomic E-state index is 0.0237. The second-order valence-electron chi connectivity index (χ2n) is 4.33. The molecular weight excluding hydrogens is 242 g/mol. The maximum atomic E-state index is 11.6. The molecule has 1 rings (SSSR count). The molecule has 17 heavy (non-hydrogen) atoms. The van der Waals surface area contributed by atoms with E-state index in [-0.39, 0.29) is 23.6 Å². The molecule has 96 valence electrons. The largest absolute Gasteiger partial charge is 0.393 e. The summed E-state index contributed by atoms with van der Waals surface area (Å²) in [5, 5.41) is 11.4. The summed E-state index contributed by atoms with van der Waals surface area (Å²) >= 11 is 4.59. The highest BCUT2D eigenvalue weighted by Crippen LogP contribution is 2.27. The summed E-state index contributed by atoms with van der Waals surface area (Å²) < 4.78 is 0. The van der Waals surface area contributed by atoms with Crippen molar-refractivity contribution in [1.29, 1.82) is 0 Å². The van der Waals surface area contributed by atoms with Crippen molar-refractivity contribution in [1.82, 2.24) is 10.2 Å². The van der Waals surface area contributed by atoms with E-state index in [1.54, 1.807) is 7.05 Å². The molecule has 1 fully saturated rings. The highest BCUT2D eigenvalue weighted by molar-refractivity contribution is 7.80. The SMILES string of the molecule is CN(CC1CC(O)C1)C(=O)C(=O)NCC(N)=S. The van der Waals surface area contributed by atoms with Crippen LogP contribution in [0.15, 0.2) is 0 Å². The van der Waals surface area contributed by atoms with Gasteiger partial charge in [0.1, 0.15) is 0 Å². The third-order valence-corrected chi connectivity index (χ3v) is 2.85. The maximum absolute atomic E-state index is 11.6. The molecule has 0 heterocycles. The van der Waals surface area contributed by atoms with Crippen LogP contribution in [0, 0.1) is 5.92 Å². The normalized spacial score (nSPS) is 22.5. The number of nitrogens with one attached hydrogen (secondary N) is 1. The van der Waals surface area contributed by atoms with E-state index in [9.17, 15) is 9.59 Å². The van der Waals surface area contributed by atoms with Crippen LogP contribution in [0.3, 0.4) is 0 Å². The standard InChI is InChI=1S/C10H17N3O3S/c1-13(5-6-2-7(14)3-6)10(16)9(15)12-4-8(11)17/h6-7,14H,2-5H2,1H3,(H2,11,17)(H,12,15). The number of aliphatic hydroxyl groups excluding tert-OH is 1. The molecule has 0 spiro atoms. The van der Waals surface area contributed by atoms with Crippen molar-refractivity contribution >= 4 is 29.0 Å². The molecule has 0 aliphatic heterocycles. The van der Waals surface area contributed by atoms with Crippen molar-refractivity contribution < 1.29 is 14.7 Å². The van der Waals surface area contributed by atoms with Crippen LogP contribution in [-0.2, 0) is 9.59 Å². The minimum Gasteiger partial charge on any atom is -0.393 e. The van der Waals surface area contributed by atoms with Gasteiger partial charge in [0.05, 0.1) is 17.6 Å². The molecule has 0 aromatic carbocycles. The second-order valence-corrected chi connectivity index (χ2v) is 4.85. The van der Waals surface area contributed by atoms with Gasteiger partial charge >= 0.3 is 11.8 Å². The number of hydrogen-bond donors (Lipinski definition) is 3. The molecule has 0 aromatic rings. The highest BCUT2D eigenvalue weighted by Gasteiger charge is 2.30. The molecule has 0 bridgehead atoms. The molecule has 6 nitrogen and oxygen atoms in total. The number of carbonyl (C=O) groups is 2. The third kappa shape index (κ3) is 4.27. The number of hydrogen-bond acceptors (Lipinski definition) is 4. The van der Waals surface area contributed by atoms with Crippen molar-refractivity contribution in [3.8, 4) is 0 Å². The molecule has 0 atom stereocenters. The van der Waals surface area contributed by atoms with E-state index < -0.39 is 11.8 Å². The van der Waals surface area contributed by atoms with Gasteiger partial charge in [0.15, 0.2) is 0 Å². The zero-order valence-corrected chi connectivity index (χ0v) is 10.5. The van der Waals surface area contributed by atoms with Crippen molar-refractivity contribution in [3.63, 3.8) is 0 Å². The van der Waals surface area contributed by atoms with E-state index in [0.717, 1.165) is 0 Å². The highest BCUT2D eigenvalue weighted by atomic mass is 32.1. The molecule has 4 N–H and O–H groups in total. The van der Waals surface area contributed by atoms with Gasteiger partial charge in [0.2, 0.25) is 0 Å². The summed E-state index contributed by atoms with van der Waals surface area (Å²) in [6.45, 7) is 0.506. The van der Waals surface area contributed by atoms with Crippen LogP contribution in [0.5, 0.6) is 0 Å². The predicted molar refractivity (Wildman–Crippen MR) is 66.2 cm³/mol. The van der Waals surface area contributed by atoms with Crippen LogP contribution in [0.25, 0.3) is 0 Å². The van der Waals surface area contributed by atoms with Gasteiger partial charge in [-0.15, -0.1) is 0 Å². The first-order valence-electron chi connectivity index (χ1n) is 5.39. The monoisotopic (exact) mass is 259 g/mol. The van der Waals surface area contributed by atoms with Crippen LogP contribution < -0.4 is 11.1 Å². The van der Waals surface area contributed by atoms with Crippen LogP contribution in [0.2, 0.25) is 0 Å². The molecular formula is C10H17N3O3S. The molecule has 1 aliphatic rings. The fraction of sp³-hybridized carbons (Fsp3) is 0.700. The molecule has 1 aliphatic carbocycles. The number of carbonyl (C=O) groups excluding carboxylic acids is 2. The molecule has 0 unspecified atom stereocenters. The number of nitrogens with two attached hydrogens (primary N) is 1. The smallest absolute Gasteiger partial charge is 0.311 e. The fourth-order valence-electron chi connectivity index (χ4n) is 1.74. The summed E-state index contributed by atoms with van der Waals surface area (Å²) in [6.07, 6.45) is 1.12. The van der Waals surface area contributed by atoms with E-state index in [4.69, 9.17) is 10.8 Å². The first kappa shape index (κ1) is 13.9. The van der Waals surface area contributed by atoms with E-state index in [1.165, 1.54) is 4.90 Å². The van der Waals surface area contributed by atoms with Crippen LogP contribution in [-0.4, -0.2) is 53.1 Å². The Kier molecular flexibility index (Phi) is 4.83. The average Bonchev–Trinajstić information content (AvgIpc) is 2.22. The van der Waals surface area contributed by atoms with Gasteiger partial charge < -0.3 is 21.1 Å². The Balaban J connectivity index is 2.30. The van der Waals surface area contributed by atoms with Gasteiger partial charge in [0.25, 0.3) is 0 Å². The van der Waals surface area contributed by atoms with Gasteiger partial charge in [-0.1, -0.05) is 12.2 Å². The Hall–Kier alpha value is -1.21. The van der Waals surface area contributed by atoms with Crippen LogP contribution >= 0.6 is 12.2 Å². The summed E-state index contributed by atoms with van der Waals surface area (Å²) in [5.41, 5.74) is 5.21. The van der Waals surface area contributed by atoms with Gasteiger partial charge in [-0.3, -0.25) is 9.59 Å². The average molecular weight is 259 g/mol. The Labute approximate surface area is 105 Å². The zero-order chi connectivity index (χ0) is 13.0. The third-order valence-electron chi connectivity index (χ3n) is 2.71. The van der Waals surface area contributed by atoms with Gasteiger partial charge in [-0.05, 0) is 18.8 Å². The first-order chi connectivity index (χ1) is 7.90. The van der Waals surface area contributed by atoms with E-state index in [2.05, 4.69) is 17.5 Å². The van der Waals surface area contributed by atoms with E-state index in [1.807, 2.05) is 0 Å². The molecule has 0 radical (unpaired) electrons. The topological polar surface area (TPSA) is 95.7 Å². The van der Waals surface area contributed by atoms with Crippen molar-refractivity contribution in [2.75, 3.05) is 20.1 Å². The van der Waals surface area contributed by atoms with Gasteiger partial charge in [-0.25, -0.2) is 0 Å². The Morgan fingerprint density at radius 2 is 2.12 bits per heavy atom. The van der Waals surface area contributed by atoms with Crippen LogP contribution in [0.4, 0.5) is 0 Å². The Bertz CT molecular complexity index is 329. The Morgan fingerprint density at radius 3 is 2.59 bits per heavy atom. The quantitative estimate of drug-likeness (QED) is 0.427. The number of rotatable bonds is 4. The molecule has 0 aromatic heterocycles. The lowest BCUT2D eigenvalue weighted by Crippen LogP contribution is -2.46. The van der Waals surface area contributed by atoms with E-state index in [0.29, 0.717) is 19.4 Å². The maximum Gasteiger partial charge on any atom is 0.311 e. The van der Waals surface area contributed by atoms with Gasteiger partial charge in [-0.2, -0.15) is 0 Å². The predicted octanol–water partition coefficient (Wildman–Crippen LogP) is -1.38. The van der Waals surface area contributed by atoms with Crippen molar-refractivity contribution in [3.05, 3.63) is 0 Å². The van der Waals surface area contributed by atoms with Crippen molar-refractivity contribution in [2.24, 2.45) is 11.7 Å². The van der Waals surface area contributed by atoms with E-state index >= 15 is 0 Å². The van der Waals surface area contributed by atoms with Gasteiger partial charge in [0, 0.05) is 13.6 Å². The van der Waals surface area contributed by atoms with Crippen LogP contribution in [0.1, 0.15) is 12.8 Å². The first-order valence-corrected chi connectivity index (χ1v) is 5.80. The summed E-state index contributed by atoms with van der Waals surface area (Å²) in [6, 6.07) is 0. The zero-order valence-electron chi connectivity index (χ0n) is 9.68. The van der Waals surface area contributed by atoms with Crippen molar-refractivity contribution in [2.45, 2.75) is 18.9 Å². The lowest BCUT2D eigenvalue weighted by Gasteiger charge is -2.34. The lowest BCUT2D eigenvalue weighted by atomic mass is 9.82. The molecule has 1 saturated carbocycles. The number of amides is 2. The number of nitrogens with zero attached hydrogens (tertiary/aromatic N) is 1. The summed E-state index contributed by atoms with van der Waals surface area (Å²) in [5.74, 6) is -1.04. The molecule has 7 heteroatoms. The number of thiocarbonyl (C=S) groups is 1. The fourth-order valence-corrected chi connectivity index (χ4v) is 1.81. The summed E-state index contributed by atoms with van der Waals surface area (Å²) in [4.78, 5) is 24.4. The molecule has 2 amide bonds. The minimum atomic E-state index is -0.708. The lowest BCUT2D eigenvalue weighted by molar-refractivity contribution is -0.145.